The molecule has 9 nitrogen and oxygen atoms in total. The molecule has 1 aromatic carbocycles. The maximum Gasteiger partial charge on any atom is 0.342 e. The standard InChI is InChI=1S/C26H29N5O4/c1-6-7-8-20(27-4)13-19-15-28-31(16-19)25(33)29-21-17-35-23-10-9-18(11-12-26(2,3)34)14-22(23)30(5)24(21)32/h6-10,14-16,21,34H,4,13,17H2,1-3,5H3,(H,29,33)/b7-6-,20-8-/t21-/m0/s1. The summed E-state index contributed by atoms with van der Waals surface area (Å²) >= 11 is 0. The zero-order valence-corrected chi connectivity index (χ0v) is 20.3. The van der Waals surface area contributed by atoms with Crippen molar-refractivity contribution in [1.82, 2.24) is 15.1 Å². The van der Waals surface area contributed by atoms with Crippen LogP contribution in [0.4, 0.5) is 10.5 Å². The lowest BCUT2D eigenvalue weighted by Gasteiger charge is -2.20. The van der Waals surface area contributed by atoms with Crippen LogP contribution in [0.15, 0.2) is 59.5 Å². The van der Waals surface area contributed by atoms with Crippen molar-refractivity contribution in [2.24, 2.45) is 4.99 Å². The first-order chi connectivity index (χ1) is 16.6. The molecule has 182 valence electrons. The molecule has 2 aromatic rings. The van der Waals surface area contributed by atoms with Crippen LogP contribution in [0.3, 0.4) is 0 Å². The van der Waals surface area contributed by atoms with Crippen LogP contribution in [-0.4, -0.2) is 58.8 Å². The highest BCUT2D eigenvalue weighted by molar-refractivity contribution is 6.00. The molecule has 0 saturated heterocycles. The van der Waals surface area contributed by atoms with Gasteiger partial charge in [-0.1, -0.05) is 24.0 Å². The molecular formula is C26H29N5O4. The van der Waals surface area contributed by atoms with Crippen molar-refractivity contribution in [1.29, 1.82) is 0 Å². The van der Waals surface area contributed by atoms with E-state index < -0.39 is 17.7 Å². The van der Waals surface area contributed by atoms with Crippen LogP contribution in [0.5, 0.6) is 5.75 Å². The third-order valence-electron chi connectivity index (χ3n) is 5.08. The third-order valence-corrected chi connectivity index (χ3v) is 5.08. The number of carbonyl (C=O) groups excluding carboxylic acids is 2. The van der Waals surface area contributed by atoms with Crippen molar-refractivity contribution >= 4 is 24.3 Å². The summed E-state index contributed by atoms with van der Waals surface area (Å²) in [5, 5.41) is 16.6. The Morgan fingerprint density at radius 2 is 2.23 bits per heavy atom. The third kappa shape index (κ3) is 6.68. The Hall–Kier alpha value is -4.16. The maximum atomic E-state index is 13.1. The number of nitrogens with zero attached hydrogens (tertiary/aromatic N) is 4. The van der Waals surface area contributed by atoms with E-state index in [1.807, 2.05) is 25.2 Å². The molecule has 0 fully saturated rings. The molecule has 1 aliphatic rings. The number of ether oxygens (including phenoxy) is 1. The van der Waals surface area contributed by atoms with Crippen LogP contribution in [0.1, 0.15) is 31.9 Å². The lowest BCUT2D eigenvalue weighted by atomic mass is 10.1. The van der Waals surface area contributed by atoms with E-state index in [0.717, 1.165) is 15.9 Å². The van der Waals surface area contributed by atoms with Gasteiger partial charge in [0.15, 0.2) is 0 Å². The second kappa shape index (κ2) is 10.8. The number of allylic oxidation sites excluding steroid dienone is 4. The first-order valence-electron chi connectivity index (χ1n) is 11.0. The molecule has 0 saturated carbocycles. The monoisotopic (exact) mass is 475 g/mol. The molecule has 9 heteroatoms. The molecule has 35 heavy (non-hydrogen) atoms. The van der Waals surface area contributed by atoms with E-state index in [4.69, 9.17) is 4.74 Å². The molecule has 3 rings (SSSR count). The Bertz CT molecular complexity index is 1240. The van der Waals surface area contributed by atoms with E-state index in [-0.39, 0.29) is 12.5 Å². The highest BCUT2D eigenvalue weighted by Gasteiger charge is 2.31. The Morgan fingerprint density at radius 3 is 2.91 bits per heavy atom. The van der Waals surface area contributed by atoms with Gasteiger partial charge in [-0.25, -0.2) is 4.79 Å². The van der Waals surface area contributed by atoms with Crippen molar-refractivity contribution < 1.29 is 19.4 Å². The number of likely N-dealkylation sites (N-methyl/N-ethyl adjacent to an activating group) is 1. The zero-order valence-electron chi connectivity index (χ0n) is 20.3. The van der Waals surface area contributed by atoms with Crippen LogP contribution in [0.25, 0.3) is 0 Å². The van der Waals surface area contributed by atoms with Crippen molar-refractivity contribution in [3.05, 3.63) is 65.6 Å². The highest BCUT2D eigenvalue weighted by atomic mass is 16.5. The smallest absolute Gasteiger partial charge is 0.342 e. The number of rotatable bonds is 5. The molecule has 0 radical (unpaired) electrons. The van der Waals surface area contributed by atoms with Gasteiger partial charge >= 0.3 is 6.03 Å². The predicted octanol–water partition coefficient (Wildman–Crippen LogP) is 2.69. The number of benzene rings is 1. The summed E-state index contributed by atoms with van der Waals surface area (Å²) in [6.45, 7) is 8.61. The Kier molecular flexibility index (Phi) is 7.89. The molecule has 2 amide bonds. The Balaban J connectivity index is 1.72. The van der Waals surface area contributed by atoms with Gasteiger partial charge in [0.05, 0.1) is 11.9 Å². The summed E-state index contributed by atoms with van der Waals surface area (Å²) in [5.74, 6) is 5.79. The number of amides is 2. The molecule has 1 aromatic heterocycles. The second-order valence-corrected chi connectivity index (χ2v) is 8.51. The molecule has 0 unspecified atom stereocenters. The van der Waals surface area contributed by atoms with Crippen LogP contribution in [0.2, 0.25) is 0 Å². The molecule has 1 aliphatic heterocycles. The summed E-state index contributed by atoms with van der Waals surface area (Å²) in [4.78, 5) is 31.3. The molecule has 0 aliphatic carbocycles. The molecule has 0 spiro atoms. The Labute approximate surface area is 204 Å². The first-order valence-corrected chi connectivity index (χ1v) is 11.0. The number of anilines is 1. The van der Waals surface area contributed by atoms with Gasteiger partial charge in [0.1, 0.15) is 24.0 Å². The van der Waals surface area contributed by atoms with Crippen molar-refractivity contribution in [2.75, 3.05) is 18.6 Å². The number of hydrogen-bond donors (Lipinski definition) is 2. The summed E-state index contributed by atoms with van der Waals surface area (Å²) in [7, 11) is 1.61. The number of aliphatic imine (C=N–C) groups is 1. The predicted molar refractivity (Wildman–Crippen MR) is 135 cm³/mol. The fourth-order valence-electron chi connectivity index (χ4n) is 3.27. The van der Waals surface area contributed by atoms with Crippen molar-refractivity contribution in [2.45, 2.75) is 38.8 Å². The van der Waals surface area contributed by atoms with Gasteiger partial charge in [-0.2, -0.15) is 9.78 Å². The maximum absolute atomic E-state index is 13.1. The fourth-order valence-corrected chi connectivity index (χ4v) is 3.27. The highest BCUT2D eigenvalue weighted by Crippen LogP contribution is 2.31. The average molecular weight is 476 g/mol. The molecule has 2 heterocycles. The molecule has 2 N–H and O–H groups in total. The topological polar surface area (TPSA) is 109 Å². The zero-order chi connectivity index (χ0) is 25.6. The van der Waals surface area contributed by atoms with Crippen LogP contribution >= 0.6 is 0 Å². The summed E-state index contributed by atoms with van der Waals surface area (Å²) in [6, 6.07) is 3.70. The Morgan fingerprint density at radius 1 is 1.46 bits per heavy atom. The lowest BCUT2D eigenvalue weighted by Crippen LogP contribution is -2.50. The minimum atomic E-state index is -1.14. The van der Waals surface area contributed by atoms with Gasteiger partial charge in [-0.05, 0) is 57.3 Å². The van der Waals surface area contributed by atoms with Crippen LogP contribution < -0.4 is 15.0 Å². The minimum absolute atomic E-state index is 0.0403. The van der Waals surface area contributed by atoms with E-state index in [9.17, 15) is 14.7 Å². The van der Waals surface area contributed by atoms with Gasteiger partial charge in [-0.3, -0.25) is 9.79 Å². The molecule has 0 bridgehead atoms. The van der Waals surface area contributed by atoms with Gasteiger partial charge in [-0.15, -0.1) is 0 Å². The van der Waals surface area contributed by atoms with E-state index in [1.165, 1.54) is 4.90 Å². The van der Waals surface area contributed by atoms with Gasteiger partial charge < -0.3 is 20.1 Å². The molecular weight excluding hydrogens is 446 g/mol. The van der Waals surface area contributed by atoms with Gasteiger partial charge in [0, 0.05) is 30.9 Å². The van der Waals surface area contributed by atoms with E-state index in [2.05, 4.69) is 34.0 Å². The van der Waals surface area contributed by atoms with Crippen LogP contribution in [0, 0.1) is 11.8 Å². The average Bonchev–Trinajstić information content (AvgIpc) is 3.26. The van der Waals surface area contributed by atoms with E-state index in [0.29, 0.717) is 23.4 Å². The number of nitrogens with one attached hydrogen (secondary N) is 1. The molecule has 1 atom stereocenters. The quantitative estimate of drug-likeness (QED) is 0.393. The normalized spacial score (nSPS) is 16.1. The minimum Gasteiger partial charge on any atom is -0.489 e. The number of hydrogen-bond acceptors (Lipinski definition) is 6. The second-order valence-electron chi connectivity index (χ2n) is 8.51. The summed E-state index contributed by atoms with van der Waals surface area (Å²) < 4.78 is 6.95. The lowest BCUT2D eigenvalue weighted by molar-refractivity contribution is -0.120. The SMILES string of the molecule is C=N/C(=C\C=C/C)Cc1cnn(C(=O)N[C@H]2COc3ccc(C#CC(C)(C)O)cc3N(C)C2=O)c1. The first kappa shape index (κ1) is 25.5. The number of carbonyl (C=O) groups is 2. The fraction of sp³-hybridized carbons (Fsp3) is 0.308. The van der Waals surface area contributed by atoms with Gasteiger partial charge in [0.25, 0.3) is 5.91 Å². The van der Waals surface area contributed by atoms with E-state index in [1.54, 1.807) is 51.5 Å². The number of aliphatic hydroxyl groups is 1. The summed E-state index contributed by atoms with van der Waals surface area (Å²) in [6.07, 6.45) is 9.18. The summed E-state index contributed by atoms with van der Waals surface area (Å²) in [5.41, 5.74) is 1.52. The van der Waals surface area contributed by atoms with Crippen molar-refractivity contribution in [3.8, 4) is 17.6 Å². The number of fused-ring (bicyclic) bond motifs is 1. The van der Waals surface area contributed by atoms with Crippen molar-refractivity contribution in [3.63, 3.8) is 0 Å². The van der Waals surface area contributed by atoms with E-state index >= 15 is 0 Å². The largest absolute Gasteiger partial charge is 0.489 e. The van der Waals surface area contributed by atoms with Crippen LogP contribution in [-0.2, 0) is 11.2 Å². The number of aromatic nitrogens is 2. The van der Waals surface area contributed by atoms with Gasteiger partial charge in [0.2, 0.25) is 0 Å².